The van der Waals surface area contributed by atoms with Crippen LogP contribution in [0.4, 0.5) is 0 Å². The molecule has 2 atom stereocenters. The minimum atomic E-state index is 0.547. The smallest absolute Gasteiger partial charge is 0.0346 e. The molecule has 2 unspecified atom stereocenters. The van der Waals surface area contributed by atoms with Crippen LogP contribution in [0.5, 0.6) is 0 Å². The fourth-order valence-corrected chi connectivity index (χ4v) is 3.41. The highest BCUT2D eigenvalue weighted by Gasteiger charge is 2.23. The van der Waals surface area contributed by atoms with Gasteiger partial charge in [0.25, 0.3) is 0 Å². The van der Waals surface area contributed by atoms with Gasteiger partial charge in [-0.25, -0.2) is 0 Å². The van der Waals surface area contributed by atoms with Crippen molar-refractivity contribution >= 4 is 0 Å². The molecule has 1 saturated carbocycles. The van der Waals surface area contributed by atoms with Crippen LogP contribution in [-0.4, -0.2) is 7.05 Å². The minimum Gasteiger partial charge on any atom is -0.313 e. The fraction of sp³-hybridized carbons (Fsp3) is 0.667. The minimum absolute atomic E-state index is 0.547. The zero-order valence-corrected chi connectivity index (χ0v) is 12.8. The van der Waals surface area contributed by atoms with Gasteiger partial charge in [-0.3, -0.25) is 0 Å². The Morgan fingerprint density at radius 3 is 2.16 bits per heavy atom. The van der Waals surface area contributed by atoms with Crippen LogP contribution in [0.2, 0.25) is 0 Å². The average Bonchev–Trinajstić information content (AvgIpc) is 2.49. The summed E-state index contributed by atoms with van der Waals surface area (Å²) in [5.74, 6) is 1.50. The van der Waals surface area contributed by atoms with Gasteiger partial charge in [0.1, 0.15) is 0 Å². The molecule has 0 amide bonds. The Hall–Kier alpha value is -0.820. The van der Waals surface area contributed by atoms with Gasteiger partial charge >= 0.3 is 0 Å². The Kier molecular flexibility index (Phi) is 5.45. The molecule has 1 heteroatoms. The summed E-state index contributed by atoms with van der Waals surface area (Å²) in [5, 5.41) is 3.55. The van der Waals surface area contributed by atoms with Crippen LogP contribution < -0.4 is 5.32 Å². The van der Waals surface area contributed by atoms with E-state index in [1.54, 1.807) is 0 Å². The average molecular weight is 259 g/mol. The van der Waals surface area contributed by atoms with E-state index in [-0.39, 0.29) is 0 Å². The first-order valence-corrected chi connectivity index (χ1v) is 8.03. The molecule has 0 bridgehead atoms. The molecule has 1 nitrogen and oxygen atoms in total. The summed E-state index contributed by atoms with van der Waals surface area (Å²) in [6.07, 6.45) is 8.25. The summed E-state index contributed by atoms with van der Waals surface area (Å²) < 4.78 is 0. The first-order chi connectivity index (χ1) is 9.26. The molecule has 0 saturated heterocycles. The molecule has 1 fully saturated rings. The van der Waals surface area contributed by atoms with E-state index >= 15 is 0 Å². The van der Waals surface area contributed by atoms with Crippen LogP contribution >= 0.6 is 0 Å². The first-order valence-electron chi connectivity index (χ1n) is 8.03. The van der Waals surface area contributed by atoms with Crippen molar-refractivity contribution in [3.63, 3.8) is 0 Å². The van der Waals surface area contributed by atoms with Crippen LogP contribution in [0.1, 0.15) is 75.5 Å². The lowest BCUT2D eigenvalue weighted by molar-refractivity contribution is 0.281. The predicted octanol–water partition coefficient (Wildman–Crippen LogP) is 5.04. The molecule has 0 heterocycles. The molecule has 0 aliphatic heterocycles. The molecule has 106 valence electrons. The zero-order valence-electron chi connectivity index (χ0n) is 12.8. The molecule has 1 aromatic carbocycles. The number of hydrogen-bond donors (Lipinski definition) is 1. The lowest BCUT2D eigenvalue weighted by Gasteiger charge is -2.30. The largest absolute Gasteiger partial charge is 0.313 e. The van der Waals surface area contributed by atoms with Crippen molar-refractivity contribution in [2.45, 2.75) is 64.3 Å². The van der Waals surface area contributed by atoms with E-state index in [2.05, 4.69) is 50.5 Å². The van der Waals surface area contributed by atoms with Crippen molar-refractivity contribution in [1.29, 1.82) is 0 Å². The van der Waals surface area contributed by atoms with Gasteiger partial charge in [0.15, 0.2) is 0 Å². The van der Waals surface area contributed by atoms with Crippen molar-refractivity contribution in [1.82, 2.24) is 5.32 Å². The molecular weight excluding hydrogens is 230 g/mol. The Labute approximate surface area is 118 Å². The lowest BCUT2D eigenvalue weighted by atomic mass is 9.81. The van der Waals surface area contributed by atoms with Crippen LogP contribution in [-0.2, 0) is 0 Å². The highest BCUT2D eigenvalue weighted by Crippen LogP contribution is 2.34. The Morgan fingerprint density at radius 2 is 1.63 bits per heavy atom. The van der Waals surface area contributed by atoms with Gasteiger partial charge in [-0.1, -0.05) is 57.4 Å². The van der Waals surface area contributed by atoms with E-state index in [9.17, 15) is 0 Å². The zero-order chi connectivity index (χ0) is 13.7. The van der Waals surface area contributed by atoms with Gasteiger partial charge < -0.3 is 5.32 Å². The van der Waals surface area contributed by atoms with Crippen LogP contribution in [0, 0.1) is 5.92 Å². The van der Waals surface area contributed by atoms with Crippen molar-refractivity contribution in [3.8, 4) is 0 Å². The van der Waals surface area contributed by atoms with Crippen molar-refractivity contribution in [2.75, 3.05) is 7.05 Å². The van der Waals surface area contributed by atoms with Gasteiger partial charge in [-0.15, -0.1) is 0 Å². The second kappa shape index (κ2) is 7.09. The molecule has 1 aliphatic carbocycles. The summed E-state index contributed by atoms with van der Waals surface area (Å²) in [4.78, 5) is 0. The molecular formula is C18H29N. The molecule has 0 spiro atoms. The summed E-state index contributed by atoms with van der Waals surface area (Å²) in [7, 11) is 2.11. The topological polar surface area (TPSA) is 12.0 Å². The predicted molar refractivity (Wildman–Crippen MR) is 83.5 cm³/mol. The third-order valence-electron chi connectivity index (χ3n) is 4.91. The molecule has 2 rings (SSSR count). The summed E-state index contributed by atoms with van der Waals surface area (Å²) in [6, 6.07) is 9.90. The van der Waals surface area contributed by atoms with Crippen molar-refractivity contribution < 1.29 is 0 Å². The van der Waals surface area contributed by atoms with Gasteiger partial charge in [0.05, 0.1) is 0 Å². The maximum Gasteiger partial charge on any atom is 0.0346 e. The highest BCUT2D eigenvalue weighted by molar-refractivity contribution is 5.27. The van der Waals surface area contributed by atoms with E-state index in [0.29, 0.717) is 12.0 Å². The lowest BCUT2D eigenvalue weighted by Crippen LogP contribution is -2.26. The maximum absolute atomic E-state index is 3.55. The number of rotatable bonds is 5. The quantitative estimate of drug-likeness (QED) is 0.781. The van der Waals surface area contributed by atoms with E-state index < -0.39 is 0 Å². The van der Waals surface area contributed by atoms with Crippen LogP contribution in [0.15, 0.2) is 24.3 Å². The molecule has 19 heavy (non-hydrogen) atoms. The third-order valence-corrected chi connectivity index (χ3v) is 4.91. The molecule has 0 radical (unpaired) electrons. The SMILES string of the molecule is CCC(C)c1ccc(C(NC)C2CCCCC2)cc1. The monoisotopic (exact) mass is 259 g/mol. The fourth-order valence-electron chi connectivity index (χ4n) is 3.41. The van der Waals surface area contributed by atoms with E-state index in [1.165, 1.54) is 49.7 Å². The summed E-state index contributed by atoms with van der Waals surface area (Å²) >= 11 is 0. The molecule has 1 N–H and O–H groups in total. The van der Waals surface area contributed by atoms with Gasteiger partial charge in [0, 0.05) is 6.04 Å². The summed E-state index contributed by atoms with van der Waals surface area (Å²) in [5.41, 5.74) is 2.95. The first kappa shape index (κ1) is 14.6. The second-order valence-electron chi connectivity index (χ2n) is 6.14. The standard InChI is InChI=1S/C18H29N/c1-4-14(2)15-10-12-17(13-11-15)18(19-3)16-8-6-5-7-9-16/h10-14,16,18-19H,4-9H2,1-3H3. The van der Waals surface area contributed by atoms with E-state index in [4.69, 9.17) is 0 Å². The van der Waals surface area contributed by atoms with E-state index in [0.717, 1.165) is 5.92 Å². The van der Waals surface area contributed by atoms with E-state index in [1.807, 2.05) is 0 Å². The number of benzene rings is 1. The Morgan fingerprint density at radius 1 is 1.05 bits per heavy atom. The third kappa shape index (κ3) is 3.60. The molecule has 0 aromatic heterocycles. The van der Waals surface area contributed by atoms with Crippen molar-refractivity contribution in [3.05, 3.63) is 35.4 Å². The number of nitrogens with one attached hydrogen (secondary N) is 1. The summed E-state index contributed by atoms with van der Waals surface area (Å²) in [6.45, 7) is 4.57. The van der Waals surface area contributed by atoms with Gasteiger partial charge in [0.2, 0.25) is 0 Å². The van der Waals surface area contributed by atoms with Gasteiger partial charge in [-0.2, -0.15) is 0 Å². The highest BCUT2D eigenvalue weighted by atomic mass is 14.9. The number of hydrogen-bond acceptors (Lipinski definition) is 1. The van der Waals surface area contributed by atoms with Crippen molar-refractivity contribution in [2.24, 2.45) is 5.92 Å². The molecule has 1 aliphatic rings. The van der Waals surface area contributed by atoms with Crippen LogP contribution in [0.25, 0.3) is 0 Å². The molecule has 1 aromatic rings. The Bertz CT molecular complexity index is 362. The Balaban J connectivity index is 2.09. The maximum atomic E-state index is 3.55. The normalized spacial score (nSPS) is 20.2. The second-order valence-corrected chi connectivity index (χ2v) is 6.14. The van der Waals surface area contributed by atoms with Crippen LogP contribution in [0.3, 0.4) is 0 Å². The van der Waals surface area contributed by atoms with Gasteiger partial charge in [-0.05, 0) is 49.3 Å².